The first-order valence-electron chi connectivity index (χ1n) is 12.4. The van der Waals surface area contributed by atoms with Crippen molar-refractivity contribution in [2.45, 2.75) is 29.8 Å². The fourth-order valence-corrected chi connectivity index (χ4v) is 7.50. The predicted octanol–water partition coefficient (Wildman–Crippen LogP) is 3.75. The predicted molar refractivity (Wildman–Crippen MR) is 134 cm³/mol. The van der Waals surface area contributed by atoms with Crippen LogP contribution in [0, 0.1) is 21.8 Å². The fraction of sp³-hybridized carbons (Fsp3) is 0.250. The van der Waals surface area contributed by atoms with Crippen molar-refractivity contribution in [2.24, 2.45) is 5.92 Å². The molecule has 2 amide bonds. The summed E-state index contributed by atoms with van der Waals surface area (Å²) in [6.45, 7) is 0.421. The molecule has 0 saturated carbocycles. The highest BCUT2D eigenvalue weighted by atomic mass is 19.1. The van der Waals surface area contributed by atoms with Gasteiger partial charge < -0.3 is 10.6 Å². The number of amides is 2. The summed E-state index contributed by atoms with van der Waals surface area (Å²) in [6, 6.07) is 15.8. The van der Waals surface area contributed by atoms with Crippen LogP contribution in [0.3, 0.4) is 0 Å². The van der Waals surface area contributed by atoms with Gasteiger partial charge in [0.15, 0.2) is 5.78 Å². The normalized spacial score (nSPS) is 28.8. The SMILES string of the molecule is O=C(c1cccc([N+](=O)[O-])c1)C1C2CCCN2C2(C(=O)Nc3ccc(F)cc32)C12C(=O)Nc1ccccc12. The van der Waals surface area contributed by atoms with Gasteiger partial charge in [-0.1, -0.05) is 30.3 Å². The topological polar surface area (TPSA) is 122 Å². The van der Waals surface area contributed by atoms with Gasteiger partial charge in [-0.05, 0) is 49.2 Å². The second kappa shape index (κ2) is 7.55. The van der Waals surface area contributed by atoms with Gasteiger partial charge in [0.25, 0.3) is 11.6 Å². The number of carbonyl (C=O) groups excluding carboxylic acids is 3. The molecule has 3 aromatic carbocycles. The summed E-state index contributed by atoms with van der Waals surface area (Å²) >= 11 is 0. The van der Waals surface area contributed by atoms with Crippen LogP contribution < -0.4 is 10.6 Å². The Morgan fingerprint density at radius 1 is 0.974 bits per heavy atom. The average molecular weight is 512 g/mol. The first-order valence-corrected chi connectivity index (χ1v) is 12.4. The van der Waals surface area contributed by atoms with Gasteiger partial charge in [-0.2, -0.15) is 0 Å². The van der Waals surface area contributed by atoms with Gasteiger partial charge in [-0.15, -0.1) is 0 Å². The molecule has 0 aliphatic carbocycles. The zero-order valence-corrected chi connectivity index (χ0v) is 19.9. The summed E-state index contributed by atoms with van der Waals surface area (Å²) in [4.78, 5) is 55.8. The fourth-order valence-electron chi connectivity index (χ4n) is 7.50. The average Bonchev–Trinajstić information content (AvgIpc) is 3.62. The summed E-state index contributed by atoms with van der Waals surface area (Å²) in [6.07, 6.45) is 1.20. The van der Waals surface area contributed by atoms with Crippen molar-refractivity contribution in [3.05, 3.63) is 99.4 Å². The monoisotopic (exact) mass is 512 g/mol. The lowest BCUT2D eigenvalue weighted by Crippen LogP contribution is -2.62. The summed E-state index contributed by atoms with van der Waals surface area (Å²) in [5.74, 6) is -3.11. The highest BCUT2D eigenvalue weighted by molar-refractivity contribution is 6.21. The number of rotatable bonds is 3. The molecule has 2 spiro atoms. The van der Waals surface area contributed by atoms with E-state index in [1.54, 1.807) is 24.3 Å². The summed E-state index contributed by atoms with van der Waals surface area (Å²) in [5, 5.41) is 17.3. The van der Waals surface area contributed by atoms with E-state index < -0.39 is 51.3 Å². The van der Waals surface area contributed by atoms with E-state index in [9.17, 15) is 28.9 Å². The Kier molecular flexibility index (Phi) is 4.51. The third kappa shape index (κ3) is 2.50. The van der Waals surface area contributed by atoms with Crippen molar-refractivity contribution in [3.8, 4) is 0 Å². The van der Waals surface area contributed by atoms with Crippen LogP contribution >= 0.6 is 0 Å². The Hall–Kier alpha value is -4.44. The molecule has 4 aliphatic rings. The van der Waals surface area contributed by atoms with Crippen LogP contribution in [0.5, 0.6) is 0 Å². The molecule has 190 valence electrons. The second-order valence-corrected chi connectivity index (χ2v) is 10.2. The van der Waals surface area contributed by atoms with E-state index in [0.29, 0.717) is 41.9 Å². The first kappa shape index (κ1) is 22.7. The van der Waals surface area contributed by atoms with E-state index in [1.807, 2.05) is 4.90 Å². The summed E-state index contributed by atoms with van der Waals surface area (Å²) < 4.78 is 14.8. The van der Waals surface area contributed by atoms with Crippen molar-refractivity contribution in [2.75, 3.05) is 17.2 Å². The molecule has 2 saturated heterocycles. The lowest BCUT2D eigenvalue weighted by atomic mass is 9.57. The molecule has 0 bridgehead atoms. The number of anilines is 2. The molecular formula is C28H21FN4O5. The number of benzene rings is 3. The lowest BCUT2D eigenvalue weighted by molar-refractivity contribution is -0.384. The van der Waals surface area contributed by atoms with Gasteiger partial charge in [0.05, 0.1) is 10.8 Å². The van der Waals surface area contributed by atoms with E-state index in [-0.39, 0.29) is 11.3 Å². The van der Waals surface area contributed by atoms with E-state index in [0.717, 1.165) is 0 Å². The number of carbonyl (C=O) groups is 3. The van der Waals surface area contributed by atoms with E-state index in [4.69, 9.17) is 0 Å². The number of non-ortho nitro benzene ring substituents is 1. The van der Waals surface area contributed by atoms with Gasteiger partial charge in [0.2, 0.25) is 5.91 Å². The highest BCUT2D eigenvalue weighted by Crippen LogP contribution is 2.67. The molecule has 4 unspecified atom stereocenters. The van der Waals surface area contributed by atoms with Crippen molar-refractivity contribution in [3.63, 3.8) is 0 Å². The van der Waals surface area contributed by atoms with E-state index in [1.165, 1.54) is 42.5 Å². The number of ketones is 1. The Morgan fingerprint density at radius 2 is 1.74 bits per heavy atom. The largest absolute Gasteiger partial charge is 0.325 e. The quantitative estimate of drug-likeness (QED) is 0.313. The summed E-state index contributed by atoms with van der Waals surface area (Å²) in [5.41, 5.74) is -1.92. The smallest absolute Gasteiger partial charge is 0.270 e. The molecule has 38 heavy (non-hydrogen) atoms. The van der Waals surface area contributed by atoms with Crippen LogP contribution in [0.4, 0.5) is 21.5 Å². The number of hydrogen-bond acceptors (Lipinski definition) is 6. The third-order valence-corrected chi connectivity index (χ3v) is 8.68. The Bertz CT molecular complexity index is 1610. The van der Waals surface area contributed by atoms with Crippen LogP contribution in [0.1, 0.15) is 34.3 Å². The van der Waals surface area contributed by atoms with Crippen LogP contribution in [-0.4, -0.2) is 40.0 Å². The molecule has 9 nitrogen and oxygen atoms in total. The highest BCUT2D eigenvalue weighted by Gasteiger charge is 2.81. The molecule has 10 heteroatoms. The Balaban J connectivity index is 1.57. The minimum atomic E-state index is -1.74. The van der Waals surface area contributed by atoms with Crippen molar-refractivity contribution < 1.29 is 23.7 Å². The first-order chi connectivity index (χ1) is 18.3. The van der Waals surface area contributed by atoms with Gasteiger partial charge in [-0.25, -0.2) is 4.39 Å². The van der Waals surface area contributed by atoms with Crippen molar-refractivity contribution >= 4 is 34.7 Å². The van der Waals surface area contributed by atoms with E-state index >= 15 is 0 Å². The maximum atomic E-state index is 14.8. The lowest BCUT2D eigenvalue weighted by Gasteiger charge is -2.43. The van der Waals surface area contributed by atoms with Crippen molar-refractivity contribution in [1.29, 1.82) is 0 Å². The molecule has 0 radical (unpaired) electrons. The Morgan fingerprint density at radius 3 is 2.55 bits per heavy atom. The second-order valence-electron chi connectivity index (χ2n) is 10.2. The maximum Gasteiger partial charge on any atom is 0.270 e. The van der Waals surface area contributed by atoms with Crippen LogP contribution in [-0.2, 0) is 20.5 Å². The van der Waals surface area contributed by atoms with E-state index in [2.05, 4.69) is 10.6 Å². The molecule has 7 rings (SSSR count). The molecule has 4 atom stereocenters. The number of fused-ring (bicyclic) bond motifs is 7. The minimum absolute atomic E-state index is 0.0857. The number of hydrogen-bond donors (Lipinski definition) is 2. The van der Waals surface area contributed by atoms with Crippen LogP contribution in [0.15, 0.2) is 66.7 Å². The van der Waals surface area contributed by atoms with Crippen LogP contribution in [0.25, 0.3) is 0 Å². The number of halogens is 1. The molecule has 2 fully saturated rings. The molecule has 4 heterocycles. The molecule has 0 aromatic heterocycles. The van der Waals surface area contributed by atoms with Crippen molar-refractivity contribution in [1.82, 2.24) is 4.90 Å². The number of para-hydroxylation sites is 1. The standard InChI is InChI=1S/C28H21FN4O5/c29-16-10-11-21-19(14-16)28(26(36)31-21)27(18-7-1-2-8-20(18)30-25(27)35)23(22-9-4-12-32(22)28)24(34)15-5-3-6-17(13-15)33(37)38/h1-3,5-8,10-11,13-14,22-23H,4,9,12H2,(H,30,35)(H,31,36). The van der Waals surface area contributed by atoms with Crippen LogP contribution in [0.2, 0.25) is 0 Å². The van der Waals surface area contributed by atoms with Gasteiger partial charge in [0.1, 0.15) is 16.8 Å². The van der Waals surface area contributed by atoms with Gasteiger partial charge in [0, 0.05) is 40.7 Å². The van der Waals surface area contributed by atoms with Gasteiger partial charge in [-0.3, -0.25) is 29.4 Å². The minimum Gasteiger partial charge on any atom is -0.325 e. The molecule has 4 aliphatic heterocycles. The number of nitrogens with zero attached hydrogens (tertiary/aromatic N) is 2. The van der Waals surface area contributed by atoms with Gasteiger partial charge >= 0.3 is 0 Å². The zero-order valence-electron chi connectivity index (χ0n) is 19.9. The number of nitro groups is 1. The number of nitro benzene ring substituents is 1. The third-order valence-electron chi connectivity index (χ3n) is 8.68. The molecular weight excluding hydrogens is 491 g/mol. The molecule has 3 aromatic rings. The zero-order chi connectivity index (χ0) is 26.4. The molecule has 2 N–H and O–H groups in total. The summed E-state index contributed by atoms with van der Waals surface area (Å²) in [7, 11) is 0. The number of Topliss-reactive ketones (excluding diaryl/α,β-unsaturated/α-hetero) is 1. The maximum absolute atomic E-state index is 14.8. The number of nitrogens with one attached hydrogen (secondary N) is 2. The Labute approximate surface area is 215 Å².